The van der Waals surface area contributed by atoms with Crippen LogP contribution in [0.1, 0.15) is 35.9 Å². The van der Waals surface area contributed by atoms with Crippen LogP contribution in [0.5, 0.6) is 0 Å². The minimum Gasteiger partial charge on any atom is -0.450 e. The van der Waals surface area contributed by atoms with Gasteiger partial charge in [0.2, 0.25) is 5.76 Å². The molecule has 24 heavy (non-hydrogen) atoms. The number of furan rings is 1. The quantitative estimate of drug-likeness (QED) is 0.572. The summed E-state index contributed by atoms with van der Waals surface area (Å²) in [6, 6.07) is 13.9. The van der Waals surface area contributed by atoms with Crippen molar-refractivity contribution in [2.45, 2.75) is 26.7 Å². The number of carbonyl (C=O) groups excluding carboxylic acids is 1. The molecule has 3 aromatic rings. The molecule has 4 heteroatoms. The van der Waals surface area contributed by atoms with Crippen molar-refractivity contribution in [3.05, 3.63) is 58.3 Å². The van der Waals surface area contributed by atoms with Gasteiger partial charge in [-0.25, -0.2) is 0 Å². The van der Waals surface area contributed by atoms with Gasteiger partial charge < -0.3 is 9.73 Å². The number of benzene rings is 2. The molecular weight excluding hydrogens is 366 g/mol. The number of unbranched alkanes of at least 4 members (excludes halogenated alkanes) is 1. The Labute approximate surface area is 150 Å². The number of carbonyl (C=O) groups is 1. The van der Waals surface area contributed by atoms with Crippen LogP contribution in [0.15, 0.2) is 51.4 Å². The zero-order chi connectivity index (χ0) is 17.1. The number of aryl methyl sites for hydroxylation is 1. The lowest BCUT2D eigenvalue weighted by Gasteiger charge is -2.05. The zero-order valence-corrected chi connectivity index (χ0v) is 15.4. The van der Waals surface area contributed by atoms with Gasteiger partial charge in [0, 0.05) is 22.0 Å². The highest BCUT2D eigenvalue weighted by Crippen LogP contribution is 2.36. The van der Waals surface area contributed by atoms with Crippen LogP contribution in [-0.4, -0.2) is 12.5 Å². The molecule has 0 bridgehead atoms. The second kappa shape index (κ2) is 7.22. The number of hydrogen-bond donors (Lipinski definition) is 1. The molecule has 0 fully saturated rings. The Balaban J connectivity index is 2.12. The van der Waals surface area contributed by atoms with E-state index < -0.39 is 0 Å². The van der Waals surface area contributed by atoms with Gasteiger partial charge in [-0.2, -0.15) is 0 Å². The molecule has 1 N–H and O–H groups in total. The van der Waals surface area contributed by atoms with E-state index in [2.05, 4.69) is 34.2 Å². The Morgan fingerprint density at radius 3 is 2.62 bits per heavy atom. The summed E-state index contributed by atoms with van der Waals surface area (Å²) in [7, 11) is 0. The summed E-state index contributed by atoms with van der Waals surface area (Å²) < 4.78 is 6.91. The minimum absolute atomic E-state index is 0.157. The van der Waals surface area contributed by atoms with E-state index in [0.717, 1.165) is 45.0 Å². The fraction of sp³-hybridized carbons (Fsp3) is 0.250. The first kappa shape index (κ1) is 16.8. The van der Waals surface area contributed by atoms with Gasteiger partial charge in [-0.15, -0.1) is 0 Å². The van der Waals surface area contributed by atoms with Gasteiger partial charge in [-0.3, -0.25) is 4.79 Å². The third-order valence-electron chi connectivity index (χ3n) is 4.00. The lowest BCUT2D eigenvalue weighted by atomic mass is 10.0. The van der Waals surface area contributed by atoms with Crippen molar-refractivity contribution >= 4 is 32.8 Å². The topological polar surface area (TPSA) is 42.2 Å². The molecule has 0 saturated carbocycles. The van der Waals surface area contributed by atoms with E-state index in [0.29, 0.717) is 12.3 Å². The highest BCUT2D eigenvalue weighted by molar-refractivity contribution is 9.10. The molecule has 0 spiro atoms. The van der Waals surface area contributed by atoms with E-state index in [-0.39, 0.29) is 5.91 Å². The van der Waals surface area contributed by atoms with Crippen LogP contribution in [-0.2, 0) is 0 Å². The van der Waals surface area contributed by atoms with Crippen LogP contribution in [0.2, 0.25) is 0 Å². The molecule has 0 aliphatic heterocycles. The predicted octanol–water partition coefficient (Wildman–Crippen LogP) is 5.70. The third-order valence-corrected chi connectivity index (χ3v) is 4.53. The number of amides is 1. The number of hydrogen-bond acceptors (Lipinski definition) is 2. The standard InChI is InChI=1S/C20H20BrNO2/c1-3-4-11-22-20(23)19-18(14-6-8-15(21)9-7-14)16-12-13(2)5-10-17(16)24-19/h5-10,12H,3-4,11H2,1-2H3,(H,22,23). The molecule has 3 rings (SSSR count). The van der Waals surface area contributed by atoms with Crippen LogP contribution >= 0.6 is 15.9 Å². The normalized spacial score (nSPS) is 11.0. The molecule has 0 radical (unpaired) electrons. The first-order valence-electron chi connectivity index (χ1n) is 8.17. The van der Waals surface area contributed by atoms with Crippen LogP contribution < -0.4 is 5.32 Å². The van der Waals surface area contributed by atoms with Gasteiger partial charge in [0.1, 0.15) is 5.58 Å². The first-order chi connectivity index (χ1) is 11.6. The maximum Gasteiger partial charge on any atom is 0.287 e. The number of rotatable bonds is 5. The maximum atomic E-state index is 12.6. The highest BCUT2D eigenvalue weighted by Gasteiger charge is 2.21. The van der Waals surface area contributed by atoms with Crippen molar-refractivity contribution in [1.29, 1.82) is 0 Å². The summed E-state index contributed by atoms with van der Waals surface area (Å²) in [6.45, 7) is 4.80. The molecule has 124 valence electrons. The Bertz CT molecular complexity index is 865. The lowest BCUT2D eigenvalue weighted by molar-refractivity contribution is 0.0928. The molecule has 0 unspecified atom stereocenters. The van der Waals surface area contributed by atoms with Crippen LogP contribution in [0.3, 0.4) is 0 Å². The summed E-state index contributed by atoms with van der Waals surface area (Å²) in [5.41, 5.74) is 3.71. The molecule has 0 atom stereocenters. The second-order valence-corrected chi connectivity index (χ2v) is 6.84. The van der Waals surface area contributed by atoms with Crippen LogP contribution in [0.4, 0.5) is 0 Å². The largest absolute Gasteiger partial charge is 0.450 e. The molecular formula is C20H20BrNO2. The molecule has 0 aliphatic rings. The minimum atomic E-state index is -0.157. The molecule has 0 saturated heterocycles. The highest BCUT2D eigenvalue weighted by atomic mass is 79.9. The SMILES string of the molecule is CCCCNC(=O)c1oc2ccc(C)cc2c1-c1ccc(Br)cc1. The fourth-order valence-electron chi connectivity index (χ4n) is 2.73. The lowest BCUT2D eigenvalue weighted by Crippen LogP contribution is -2.24. The van der Waals surface area contributed by atoms with Crippen molar-refractivity contribution in [3.63, 3.8) is 0 Å². The van der Waals surface area contributed by atoms with E-state index in [4.69, 9.17) is 4.42 Å². The van der Waals surface area contributed by atoms with Crippen molar-refractivity contribution in [2.75, 3.05) is 6.54 Å². The van der Waals surface area contributed by atoms with Gasteiger partial charge in [0.25, 0.3) is 5.91 Å². The molecule has 1 heterocycles. The van der Waals surface area contributed by atoms with Crippen molar-refractivity contribution < 1.29 is 9.21 Å². The molecule has 1 amide bonds. The smallest absolute Gasteiger partial charge is 0.287 e. The Morgan fingerprint density at radius 1 is 1.17 bits per heavy atom. The molecule has 0 aliphatic carbocycles. The van der Waals surface area contributed by atoms with Crippen LogP contribution in [0.25, 0.3) is 22.1 Å². The summed E-state index contributed by atoms with van der Waals surface area (Å²) in [5.74, 6) is 0.226. The predicted molar refractivity (Wildman–Crippen MR) is 101 cm³/mol. The van der Waals surface area contributed by atoms with Crippen molar-refractivity contribution in [1.82, 2.24) is 5.32 Å². The summed E-state index contributed by atoms with van der Waals surface area (Å²) in [6.07, 6.45) is 2.00. The van der Waals surface area contributed by atoms with Crippen molar-refractivity contribution in [3.8, 4) is 11.1 Å². The number of nitrogens with one attached hydrogen (secondary N) is 1. The first-order valence-corrected chi connectivity index (χ1v) is 8.96. The summed E-state index contributed by atoms with van der Waals surface area (Å²) >= 11 is 3.46. The summed E-state index contributed by atoms with van der Waals surface area (Å²) in [5, 5.41) is 3.93. The Hall–Kier alpha value is -2.07. The van der Waals surface area contributed by atoms with E-state index in [1.54, 1.807) is 0 Å². The zero-order valence-electron chi connectivity index (χ0n) is 13.9. The molecule has 3 nitrogen and oxygen atoms in total. The average molecular weight is 386 g/mol. The van der Waals surface area contributed by atoms with E-state index in [9.17, 15) is 4.79 Å². The maximum absolute atomic E-state index is 12.6. The molecule has 1 aromatic heterocycles. The average Bonchev–Trinajstić information content (AvgIpc) is 2.94. The Morgan fingerprint density at radius 2 is 1.92 bits per heavy atom. The third kappa shape index (κ3) is 3.39. The van der Waals surface area contributed by atoms with Gasteiger partial charge in [0.05, 0.1) is 0 Å². The van der Waals surface area contributed by atoms with E-state index >= 15 is 0 Å². The van der Waals surface area contributed by atoms with E-state index in [1.807, 2.05) is 43.3 Å². The second-order valence-electron chi connectivity index (χ2n) is 5.92. The Kier molecular flexibility index (Phi) is 5.05. The number of halogens is 1. The van der Waals surface area contributed by atoms with E-state index in [1.165, 1.54) is 0 Å². The van der Waals surface area contributed by atoms with Gasteiger partial charge in [0.15, 0.2) is 0 Å². The monoisotopic (exact) mass is 385 g/mol. The van der Waals surface area contributed by atoms with Gasteiger partial charge in [-0.1, -0.05) is 53.0 Å². The van der Waals surface area contributed by atoms with Gasteiger partial charge >= 0.3 is 0 Å². The van der Waals surface area contributed by atoms with Gasteiger partial charge in [-0.05, 0) is 43.2 Å². The summed E-state index contributed by atoms with van der Waals surface area (Å²) in [4.78, 5) is 12.6. The fourth-order valence-corrected chi connectivity index (χ4v) is 3.00. The van der Waals surface area contributed by atoms with Crippen molar-refractivity contribution in [2.24, 2.45) is 0 Å². The van der Waals surface area contributed by atoms with Crippen LogP contribution in [0, 0.1) is 6.92 Å². The molecule has 2 aromatic carbocycles. The number of fused-ring (bicyclic) bond motifs is 1.